The molecular weight excluding hydrogens is 418 g/mol. The Bertz CT molecular complexity index is 1150. The van der Waals surface area contributed by atoms with Crippen molar-refractivity contribution in [3.05, 3.63) is 54.0 Å². The van der Waals surface area contributed by atoms with Crippen molar-refractivity contribution in [2.45, 2.75) is 37.6 Å². The monoisotopic (exact) mass is 447 g/mol. The fourth-order valence-corrected chi connectivity index (χ4v) is 5.45. The van der Waals surface area contributed by atoms with Crippen LogP contribution in [-0.2, 0) is 4.79 Å². The van der Waals surface area contributed by atoms with Gasteiger partial charge in [0.1, 0.15) is 19.0 Å². The molecule has 3 aliphatic heterocycles. The molecule has 6 rings (SSSR count). The molecule has 0 saturated carbocycles. The molecular formula is C25H29N5O3. The van der Waals surface area contributed by atoms with Gasteiger partial charge in [-0.25, -0.2) is 0 Å². The molecule has 2 fully saturated rings. The zero-order valence-corrected chi connectivity index (χ0v) is 18.7. The number of hydrogen-bond donors (Lipinski definition) is 0. The van der Waals surface area contributed by atoms with Crippen molar-refractivity contribution >= 4 is 11.6 Å². The maximum Gasteiger partial charge on any atom is 0.237 e. The molecule has 2 saturated heterocycles. The average Bonchev–Trinajstić information content (AvgIpc) is 3.52. The summed E-state index contributed by atoms with van der Waals surface area (Å²) in [5, 5.41) is 8.74. The van der Waals surface area contributed by atoms with Gasteiger partial charge >= 0.3 is 0 Å². The van der Waals surface area contributed by atoms with E-state index in [9.17, 15) is 4.79 Å². The first-order chi connectivity index (χ1) is 16.3. The zero-order chi connectivity index (χ0) is 22.2. The number of rotatable bonds is 4. The van der Waals surface area contributed by atoms with Gasteiger partial charge in [-0.2, -0.15) is 0 Å². The Hall–Kier alpha value is -3.13. The minimum absolute atomic E-state index is 0.119. The highest BCUT2D eigenvalue weighted by Gasteiger charge is 2.33. The van der Waals surface area contributed by atoms with Gasteiger partial charge in [0.25, 0.3) is 0 Å². The predicted molar refractivity (Wildman–Crippen MR) is 123 cm³/mol. The number of hydrogen-bond acceptors (Lipinski definition) is 6. The molecule has 3 aliphatic rings. The highest BCUT2D eigenvalue weighted by atomic mass is 16.6. The maximum absolute atomic E-state index is 13.3. The molecule has 1 unspecified atom stereocenters. The molecule has 5 heterocycles. The molecule has 0 N–H and O–H groups in total. The van der Waals surface area contributed by atoms with Gasteiger partial charge in [-0.15, -0.1) is 10.2 Å². The Kier molecular flexibility index (Phi) is 5.38. The lowest BCUT2D eigenvalue weighted by Gasteiger charge is -2.33. The van der Waals surface area contributed by atoms with Crippen LogP contribution in [0.15, 0.2) is 42.6 Å². The van der Waals surface area contributed by atoms with Crippen molar-refractivity contribution in [3.8, 4) is 11.5 Å². The molecule has 1 atom stereocenters. The molecule has 1 aromatic carbocycles. The van der Waals surface area contributed by atoms with Crippen LogP contribution in [0.4, 0.5) is 0 Å². The van der Waals surface area contributed by atoms with Crippen LogP contribution < -0.4 is 9.47 Å². The third-order valence-electron chi connectivity index (χ3n) is 7.18. The molecule has 2 aromatic heterocycles. The fraction of sp³-hybridized carbons (Fsp3) is 0.480. The topological polar surface area (TPSA) is 72.2 Å². The smallest absolute Gasteiger partial charge is 0.237 e. The van der Waals surface area contributed by atoms with Crippen LogP contribution >= 0.6 is 0 Å². The summed E-state index contributed by atoms with van der Waals surface area (Å²) < 4.78 is 13.5. The van der Waals surface area contributed by atoms with Gasteiger partial charge < -0.3 is 14.4 Å². The molecule has 1 amide bonds. The largest absolute Gasteiger partial charge is 0.486 e. The van der Waals surface area contributed by atoms with Crippen molar-refractivity contribution < 1.29 is 14.3 Å². The van der Waals surface area contributed by atoms with E-state index in [2.05, 4.69) is 36.5 Å². The summed E-state index contributed by atoms with van der Waals surface area (Å²) >= 11 is 0. The molecule has 0 aliphatic carbocycles. The van der Waals surface area contributed by atoms with Crippen molar-refractivity contribution in [1.29, 1.82) is 0 Å². The van der Waals surface area contributed by atoms with Gasteiger partial charge in [0.05, 0.1) is 12.6 Å². The van der Waals surface area contributed by atoms with Crippen molar-refractivity contribution in [1.82, 2.24) is 24.4 Å². The standard InChI is InChI=1S/C25H29N5O3/c31-24(29-11-3-4-20(29)19-6-7-21-22(16-19)33-15-14-32-21)17-28-12-8-18(9-13-28)25-27-26-23-5-1-2-10-30(23)25/h1-2,5-7,10,16,18,20H,3-4,8-9,11-15,17H2. The molecule has 172 valence electrons. The van der Waals surface area contributed by atoms with E-state index in [1.54, 1.807) is 0 Å². The van der Waals surface area contributed by atoms with Crippen LogP contribution in [0.25, 0.3) is 5.65 Å². The second-order valence-electron chi connectivity index (χ2n) is 9.19. The second-order valence-corrected chi connectivity index (χ2v) is 9.19. The molecule has 3 aromatic rings. The average molecular weight is 448 g/mol. The Morgan fingerprint density at radius 1 is 0.970 bits per heavy atom. The van der Waals surface area contributed by atoms with Gasteiger partial charge in [-0.1, -0.05) is 12.1 Å². The van der Waals surface area contributed by atoms with E-state index < -0.39 is 0 Å². The number of benzene rings is 1. The number of pyridine rings is 1. The highest BCUT2D eigenvalue weighted by molar-refractivity contribution is 5.79. The van der Waals surface area contributed by atoms with Gasteiger partial charge in [0.15, 0.2) is 17.1 Å². The molecule has 0 spiro atoms. The number of fused-ring (bicyclic) bond motifs is 2. The third kappa shape index (κ3) is 3.93. The van der Waals surface area contributed by atoms with Gasteiger partial charge in [0.2, 0.25) is 5.91 Å². The maximum atomic E-state index is 13.3. The first kappa shape index (κ1) is 20.5. The van der Waals surface area contributed by atoms with Crippen LogP contribution in [-0.4, -0.2) is 69.7 Å². The normalized spacial score (nSPS) is 21.6. The van der Waals surface area contributed by atoms with E-state index in [4.69, 9.17) is 9.47 Å². The molecule has 0 bridgehead atoms. The Morgan fingerprint density at radius 2 is 1.82 bits per heavy atom. The van der Waals surface area contributed by atoms with Crippen molar-refractivity contribution in [3.63, 3.8) is 0 Å². The highest BCUT2D eigenvalue weighted by Crippen LogP contribution is 2.38. The first-order valence-corrected chi connectivity index (χ1v) is 12.0. The molecule has 0 radical (unpaired) electrons. The SMILES string of the molecule is O=C(CN1CCC(c2nnc3ccccn23)CC1)N1CCCC1c1ccc2c(c1)OCCO2. The van der Waals surface area contributed by atoms with Crippen molar-refractivity contribution in [2.24, 2.45) is 0 Å². The molecule has 33 heavy (non-hydrogen) atoms. The van der Waals surface area contributed by atoms with Crippen LogP contribution in [0.5, 0.6) is 11.5 Å². The van der Waals surface area contributed by atoms with E-state index in [0.717, 1.165) is 73.9 Å². The van der Waals surface area contributed by atoms with Gasteiger partial charge in [0, 0.05) is 18.7 Å². The minimum Gasteiger partial charge on any atom is -0.486 e. The van der Waals surface area contributed by atoms with Gasteiger partial charge in [-0.3, -0.25) is 14.1 Å². The van der Waals surface area contributed by atoms with E-state index in [1.807, 2.05) is 30.5 Å². The van der Waals surface area contributed by atoms with E-state index in [1.165, 1.54) is 0 Å². The number of carbonyl (C=O) groups is 1. The van der Waals surface area contributed by atoms with Crippen LogP contribution in [0, 0.1) is 0 Å². The summed E-state index contributed by atoms with van der Waals surface area (Å²) in [5.74, 6) is 3.23. The number of carbonyl (C=O) groups excluding carboxylic acids is 1. The Balaban J connectivity index is 1.09. The van der Waals surface area contributed by atoms with Crippen molar-refractivity contribution in [2.75, 3.05) is 39.4 Å². The van der Waals surface area contributed by atoms with Gasteiger partial charge in [-0.05, 0) is 68.6 Å². The quantitative estimate of drug-likeness (QED) is 0.612. The lowest BCUT2D eigenvalue weighted by molar-refractivity contribution is -0.133. The second kappa shape index (κ2) is 8.67. The van der Waals surface area contributed by atoms with Crippen LogP contribution in [0.3, 0.4) is 0 Å². The zero-order valence-electron chi connectivity index (χ0n) is 18.7. The first-order valence-electron chi connectivity index (χ1n) is 12.0. The summed E-state index contributed by atoms with van der Waals surface area (Å²) in [6, 6.07) is 12.2. The summed E-state index contributed by atoms with van der Waals surface area (Å²) in [4.78, 5) is 17.6. The van der Waals surface area contributed by atoms with E-state index in [-0.39, 0.29) is 11.9 Å². The summed E-state index contributed by atoms with van der Waals surface area (Å²) in [7, 11) is 0. The number of nitrogens with zero attached hydrogens (tertiary/aromatic N) is 5. The van der Waals surface area contributed by atoms with E-state index >= 15 is 0 Å². The fourth-order valence-electron chi connectivity index (χ4n) is 5.45. The van der Waals surface area contributed by atoms with Crippen LogP contribution in [0.2, 0.25) is 0 Å². The number of likely N-dealkylation sites (tertiary alicyclic amines) is 2. The van der Waals surface area contributed by atoms with Crippen LogP contribution in [0.1, 0.15) is 49.0 Å². The lowest BCUT2D eigenvalue weighted by Crippen LogP contribution is -2.43. The molecule has 8 heteroatoms. The number of piperidine rings is 1. The Labute approximate surface area is 193 Å². The summed E-state index contributed by atoms with van der Waals surface area (Å²) in [6.07, 6.45) is 6.05. The predicted octanol–water partition coefficient (Wildman–Crippen LogP) is 3.04. The molecule has 8 nitrogen and oxygen atoms in total. The number of aromatic nitrogens is 3. The number of ether oxygens (including phenoxy) is 2. The number of amides is 1. The van der Waals surface area contributed by atoms with E-state index in [0.29, 0.717) is 25.7 Å². The third-order valence-corrected chi connectivity index (χ3v) is 7.18. The lowest BCUT2D eigenvalue weighted by atomic mass is 9.96. The summed E-state index contributed by atoms with van der Waals surface area (Å²) in [6.45, 7) is 4.27. The Morgan fingerprint density at radius 3 is 2.70 bits per heavy atom. The summed E-state index contributed by atoms with van der Waals surface area (Å²) in [5.41, 5.74) is 2.03. The minimum atomic E-state index is 0.119.